The molecule has 0 bridgehead atoms. The number of carbonyl (C=O) groups is 2. The normalized spacial score (nSPS) is 24.3. The van der Waals surface area contributed by atoms with Crippen LogP contribution in [0.4, 0.5) is 5.69 Å². The molecule has 2 aliphatic heterocycles. The monoisotopic (exact) mass is 365 g/mol. The van der Waals surface area contributed by atoms with Crippen molar-refractivity contribution in [3.8, 4) is 0 Å². The molecule has 0 aliphatic carbocycles. The maximum atomic E-state index is 12.7. The van der Waals surface area contributed by atoms with Gasteiger partial charge in [-0.05, 0) is 30.8 Å². The summed E-state index contributed by atoms with van der Waals surface area (Å²) < 4.78 is 0.933. The zero-order valence-corrected chi connectivity index (χ0v) is 14.3. The molecule has 2 aliphatic rings. The molecule has 22 heavy (non-hydrogen) atoms. The summed E-state index contributed by atoms with van der Waals surface area (Å²) in [7, 11) is 0. The maximum absolute atomic E-state index is 12.7. The Labute approximate surface area is 139 Å². The van der Waals surface area contributed by atoms with Crippen molar-refractivity contribution in [1.82, 2.24) is 9.80 Å². The van der Waals surface area contributed by atoms with E-state index in [9.17, 15) is 9.59 Å². The fourth-order valence-corrected chi connectivity index (χ4v) is 3.42. The lowest BCUT2D eigenvalue weighted by atomic mass is 10.1. The van der Waals surface area contributed by atoms with E-state index >= 15 is 0 Å². The first-order valence-corrected chi connectivity index (χ1v) is 8.48. The minimum atomic E-state index is -0.296. The SMILES string of the molecule is CCN1CCN(C2CC(=O)N(c3ccc(Br)cc3)C2=O)CC1. The highest BCUT2D eigenvalue weighted by molar-refractivity contribution is 9.10. The zero-order valence-electron chi connectivity index (χ0n) is 12.7. The Kier molecular flexibility index (Phi) is 4.61. The maximum Gasteiger partial charge on any atom is 0.251 e. The fourth-order valence-electron chi connectivity index (χ4n) is 3.15. The third-order valence-corrected chi connectivity index (χ3v) is 5.03. The van der Waals surface area contributed by atoms with E-state index in [2.05, 4.69) is 32.7 Å². The number of nitrogens with zero attached hydrogens (tertiary/aromatic N) is 3. The van der Waals surface area contributed by atoms with Gasteiger partial charge in [0.25, 0.3) is 5.91 Å². The summed E-state index contributed by atoms with van der Waals surface area (Å²) in [6.45, 7) is 6.82. The molecule has 118 valence electrons. The van der Waals surface area contributed by atoms with Gasteiger partial charge in [0.2, 0.25) is 5.91 Å². The second-order valence-electron chi connectivity index (χ2n) is 5.73. The number of halogens is 1. The van der Waals surface area contributed by atoms with E-state index in [1.807, 2.05) is 12.1 Å². The van der Waals surface area contributed by atoms with Crippen LogP contribution in [0.5, 0.6) is 0 Å². The van der Waals surface area contributed by atoms with Gasteiger partial charge in [-0.1, -0.05) is 22.9 Å². The van der Waals surface area contributed by atoms with Crippen molar-refractivity contribution < 1.29 is 9.59 Å². The third-order valence-electron chi connectivity index (χ3n) is 4.50. The number of benzene rings is 1. The molecule has 2 saturated heterocycles. The highest BCUT2D eigenvalue weighted by Crippen LogP contribution is 2.27. The van der Waals surface area contributed by atoms with Crippen molar-refractivity contribution in [2.75, 3.05) is 37.6 Å². The Hall–Kier alpha value is -1.24. The summed E-state index contributed by atoms with van der Waals surface area (Å²) in [5.74, 6) is -0.187. The molecule has 0 radical (unpaired) electrons. The average molecular weight is 366 g/mol. The van der Waals surface area contributed by atoms with Gasteiger partial charge in [0.05, 0.1) is 18.2 Å². The van der Waals surface area contributed by atoms with E-state index in [4.69, 9.17) is 0 Å². The van der Waals surface area contributed by atoms with Crippen LogP contribution >= 0.6 is 15.9 Å². The standard InChI is InChI=1S/C16H20BrN3O2/c1-2-18-7-9-19(10-8-18)14-11-15(21)20(16(14)22)13-5-3-12(17)4-6-13/h3-6,14H,2,7-11H2,1H3. The second-order valence-corrected chi connectivity index (χ2v) is 6.65. The number of rotatable bonds is 3. The lowest BCUT2D eigenvalue weighted by Gasteiger charge is -2.36. The number of likely N-dealkylation sites (N-methyl/N-ethyl adjacent to an activating group) is 1. The van der Waals surface area contributed by atoms with Gasteiger partial charge in [0.15, 0.2) is 0 Å². The van der Waals surface area contributed by atoms with E-state index in [1.165, 1.54) is 4.90 Å². The molecule has 0 N–H and O–H groups in total. The fraction of sp³-hybridized carbons (Fsp3) is 0.500. The summed E-state index contributed by atoms with van der Waals surface area (Å²) in [4.78, 5) is 30.8. The van der Waals surface area contributed by atoms with Crippen molar-refractivity contribution >= 4 is 33.4 Å². The van der Waals surface area contributed by atoms with Crippen LogP contribution in [0, 0.1) is 0 Å². The molecule has 2 amide bonds. The molecular weight excluding hydrogens is 346 g/mol. The first-order chi connectivity index (χ1) is 10.6. The smallest absolute Gasteiger partial charge is 0.251 e. The highest BCUT2D eigenvalue weighted by Gasteiger charge is 2.43. The van der Waals surface area contributed by atoms with Crippen LogP contribution < -0.4 is 4.90 Å². The first kappa shape index (κ1) is 15.6. The third kappa shape index (κ3) is 2.95. The number of imide groups is 1. The van der Waals surface area contributed by atoms with Gasteiger partial charge in [-0.2, -0.15) is 0 Å². The lowest BCUT2D eigenvalue weighted by molar-refractivity contribution is -0.123. The number of hydrogen-bond donors (Lipinski definition) is 0. The topological polar surface area (TPSA) is 43.9 Å². The largest absolute Gasteiger partial charge is 0.301 e. The van der Waals surface area contributed by atoms with Crippen molar-refractivity contribution in [2.24, 2.45) is 0 Å². The van der Waals surface area contributed by atoms with E-state index < -0.39 is 0 Å². The predicted octanol–water partition coefficient (Wildman–Crippen LogP) is 1.72. The number of amides is 2. The summed E-state index contributed by atoms with van der Waals surface area (Å²) in [6, 6.07) is 7.01. The number of carbonyl (C=O) groups excluding carboxylic acids is 2. The van der Waals surface area contributed by atoms with Gasteiger partial charge < -0.3 is 4.90 Å². The summed E-state index contributed by atoms with van der Waals surface area (Å²) in [6.07, 6.45) is 0.293. The van der Waals surface area contributed by atoms with Crippen LogP contribution in [0.25, 0.3) is 0 Å². The van der Waals surface area contributed by atoms with Gasteiger partial charge in [-0.25, -0.2) is 4.90 Å². The molecule has 3 rings (SSSR count). The zero-order chi connectivity index (χ0) is 15.7. The lowest BCUT2D eigenvalue weighted by Crippen LogP contribution is -2.52. The summed E-state index contributed by atoms with van der Waals surface area (Å²) in [5.41, 5.74) is 0.660. The quantitative estimate of drug-likeness (QED) is 0.765. The van der Waals surface area contributed by atoms with E-state index in [0.29, 0.717) is 12.1 Å². The van der Waals surface area contributed by atoms with Crippen LogP contribution in [0.15, 0.2) is 28.7 Å². The minimum absolute atomic E-state index is 0.0859. The summed E-state index contributed by atoms with van der Waals surface area (Å²) in [5, 5.41) is 0. The van der Waals surface area contributed by atoms with Crippen molar-refractivity contribution in [3.63, 3.8) is 0 Å². The Morgan fingerprint density at radius 2 is 1.73 bits per heavy atom. The van der Waals surface area contributed by atoms with Crippen LogP contribution in [-0.2, 0) is 9.59 Å². The van der Waals surface area contributed by atoms with E-state index in [0.717, 1.165) is 37.2 Å². The van der Waals surface area contributed by atoms with Gasteiger partial charge in [0.1, 0.15) is 0 Å². The number of piperazine rings is 1. The molecule has 0 spiro atoms. The van der Waals surface area contributed by atoms with Crippen molar-refractivity contribution in [1.29, 1.82) is 0 Å². The molecule has 5 nitrogen and oxygen atoms in total. The molecule has 2 heterocycles. The Bertz CT molecular complexity index is 567. The summed E-state index contributed by atoms with van der Waals surface area (Å²) >= 11 is 3.37. The van der Waals surface area contributed by atoms with Gasteiger partial charge in [-0.3, -0.25) is 14.5 Å². The average Bonchev–Trinajstić information content (AvgIpc) is 2.83. The molecule has 1 atom stereocenters. The molecule has 1 aromatic rings. The Balaban J connectivity index is 1.73. The van der Waals surface area contributed by atoms with Crippen molar-refractivity contribution in [3.05, 3.63) is 28.7 Å². The van der Waals surface area contributed by atoms with Crippen LogP contribution in [0.3, 0.4) is 0 Å². The Morgan fingerprint density at radius 1 is 1.09 bits per heavy atom. The van der Waals surface area contributed by atoms with Crippen molar-refractivity contribution in [2.45, 2.75) is 19.4 Å². The Morgan fingerprint density at radius 3 is 2.32 bits per heavy atom. The number of anilines is 1. The van der Waals surface area contributed by atoms with Gasteiger partial charge >= 0.3 is 0 Å². The molecule has 0 saturated carbocycles. The molecule has 6 heteroatoms. The van der Waals surface area contributed by atoms with E-state index in [1.54, 1.807) is 12.1 Å². The highest BCUT2D eigenvalue weighted by atomic mass is 79.9. The second kappa shape index (κ2) is 6.48. The molecular formula is C16H20BrN3O2. The number of hydrogen-bond acceptors (Lipinski definition) is 4. The van der Waals surface area contributed by atoms with Crippen LogP contribution in [0.2, 0.25) is 0 Å². The minimum Gasteiger partial charge on any atom is -0.301 e. The van der Waals surface area contributed by atoms with Crippen LogP contribution in [-0.4, -0.2) is 60.4 Å². The molecule has 1 unspecified atom stereocenters. The first-order valence-electron chi connectivity index (χ1n) is 7.69. The molecule has 0 aromatic heterocycles. The molecule has 1 aromatic carbocycles. The van der Waals surface area contributed by atoms with Gasteiger partial charge in [0, 0.05) is 30.7 Å². The van der Waals surface area contributed by atoms with Gasteiger partial charge in [-0.15, -0.1) is 0 Å². The molecule has 2 fully saturated rings. The van der Waals surface area contributed by atoms with E-state index in [-0.39, 0.29) is 17.9 Å². The predicted molar refractivity (Wildman–Crippen MR) is 88.7 cm³/mol. The van der Waals surface area contributed by atoms with Crippen LogP contribution in [0.1, 0.15) is 13.3 Å².